The van der Waals surface area contributed by atoms with Crippen molar-refractivity contribution in [3.63, 3.8) is 0 Å². The minimum absolute atomic E-state index is 0.284. The molecule has 0 heterocycles. The quantitative estimate of drug-likeness (QED) is 0.566. The van der Waals surface area contributed by atoms with Crippen LogP contribution in [0.3, 0.4) is 0 Å². The van der Waals surface area contributed by atoms with Gasteiger partial charge in [-0.2, -0.15) is 0 Å². The van der Waals surface area contributed by atoms with Gasteiger partial charge in [0.2, 0.25) is 0 Å². The molecule has 0 amide bonds. The molecule has 11 heavy (non-hydrogen) atoms. The predicted octanol–water partition coefficient (Wildman–Crippen LogP) is 2.07. The fourth-order valence-electron chi connectivity index (χ4n) is 1.72. The van der Waals surface area contributed by atoms with Crippen LogP contribution in [0.2, 0.25) is 0 Å². The number of alkyl halides is 1. The Morgan fingerprint density at radius 3 is 2.36 bits per heavy atom. The van der Waals surface area contributed by atoms with Gasteiger partial charge in [0.25, 0.3) is 0 Å². The smallest absolute Gasteiger partial charge is 0.104 e. The number of halogens is 1. The molecule has 2 heteroatoms. The molecule has 1 aliphatic carbocycles. The summed E-state index contributed by atoms with van der Waals surface area (Å²) in [4.78, 5) is 2.14. The summed E-state index contributed by atoms with van der Waals surface area (Å²) in [5.41, 5.74) is 0. The van der Waals surface area contributed by atoms with Gasteiger partial charge in [-0.15, -0.1) is 0 Å². The number of hydrogen-bond donors (Lipinski definition) is 0. The SMILES string of the molecule is C[C@@H]1CC[C@@H](N(C)C)C[C@@H]1F. The molecule has 0 spiro atoms. The van der Waals surface area contributed by atoms with Crippen LogP contribution in [0.4, 0.5) is 4.39 Å². The minimum Gasteiger partial charge on any atom is -0.306 e. The first kappa shape index (κ1) is 8.98. The van der Waals surface area contributed by atoms with Crippen LogP contribution in [0.1, 0.15) is 26.2 Å². The summed E-state index contributed by atoms with van der Waals surface area (Å²) in [6.07, 6.45) is 2.36. The number of nitrogens with zero attached hydrogens (tertiary/aromatic N) is 1. The molecule has 0 unspecified atom stereocenters. The van der Waals surface area contributed by atoms with E-state index in [4.69, 9.17) is 0 Å². The third kappa shape index (κ3) is 2.16. The van der Waals surface area contributed by atoms with E-state index in [0.717, 1.165) is 19.3 Å². The van der Waals surface area contributed by atoms with Crippen LogP contribution >= 0.6 is 0 Å². The van der Waals surface area contributed by atoms with Crippen molar-refractivity contribution >= 4 is 0 Å². The maximum atomic E-state index is 13.2. The lowest BCUT2D eigenvalue weighted by atomic mass is 9.85. The highest BCUT2D eigenvalue weighted by Crippen LogP contribution is 2.28. The van der Waals surface area contributed by atoms with Gasteiger partial charge in [0, 0.05) is 6.04 Å². The van der Waals surface area contributed by atoms with Crippen LogP contribution in [-0.4, -0.2) is 31.2 Å². The summed E-state index contributed by atoms with van der Waals surface area (Å²) in [6, 6.07) is 0.473. The first-order valence-corrected chi connectivity index (χ1v) is 4.41. The first-order chi connectivity index (χ1) is 5.11. The molecule has 0 aliphatic heterocycles. The van der Waals surface area contributed by atoms with Crippen LogP contribution in [0.5, 0.6) is 0 Å². The fraction of sp³-hybridized carbons (Fsp3) is 1.00. The molecular weight excluding hydrogens is 141 g/mol. The summed E-state index contributed by atoms with van der Waals surface area (Å²) in [7, 11) is 4.07. The summed E-state index contributed by atoms with van der Waals surface area (Å²) in [5, 5.41) is 0. The molecule has 1 aliphatic rings. The van der Waals surface area contributed by atoms with E-state index in [-0.39, 0.29) is 5.92 Å². The topological polar surface area (TPSA) is 3.24 Å². The van der Waals surface area contributed by atoms with Crippen molar-refractivity contribution in [2.24, 2.45) is 5.92 Å². The second-order valence-corrected chi connectivity index (χ2v) is 3.92. The van der Waals surface area contributed by atoms with E-state index in [0.29, 0.717) is 6.04 Å². The van der Waals surface area contributed by atoms with Crippen LogP contribution in [0.15, 0.2) is 0 Å². The van der Waals surface area contributed by atoms with Gasteiger partial charge in [0.1, 0.15) is 6.17 Å². The van der Waals surface area contributed by atoms with E-state index in [1.54, 1.807) is 0 Å². The molecule has 0 aromatic carbocycles. The zero-order valence-corrected chi connectivity index (χ0v) is 7.68. The Morgan fingerprint density at radius 2 is 1.91 bits per heavy atom. The summed E-state index contributed by atoms with van der Waals surface area (Å²) >= 11 is 0. The molecule has 0 radical (unpaired) electrons. The van der Waals surface area contributed by atoms with Crippen molar-refractivity contribution in [3.05, 3.63) is 0 Å². The van der Waals surface area contributed by atoms with Crippen LogP contribution < -0.4 is 0 Å². The van der Waals surface area contributed by atoms with Gasteiger partial charge < -0.3 is 4.90 Å². The number of hydrogen-bond acceptors (Lipinski definition) is 1. The molecule has 1 rings (SSSR count). The Hall–Kier alpha value is -0.110. The highest BCUT2D eigenvalue weighted by Gasteiger charge is 2.28. The van der Waals surface area contributed by atoms with Crippen LogP contribution in [0, 0.1) is 5.92 Å². The molecular formula is C9H18FN. The third-order valence-electron chi connectivity index (χ3n) is 2.80. The zero-order chi connectivity index (χ0) is 8.43. The minimum atomic E-state index is -0.573. The van der Waals surface area contributed by atoms with Crippen molar-refractivity contribution in [1.29, 1.82) is 0 Å². The second-order valence-electron chi connectivity index (χ2n) is 3.92. The van der Waals surface area contributed by atoms with E-state index >= 15 is 0 Å². The lowest BCUT2D eigenvalue weighted by Crippen LogP contribution is -2.36. The largest absolute Gasteiger partial charge is 0.306 e. The summed E-state index contributed by atoms with van der Waals surface area (Å²) in [5.74, 6) is 0.284. The van der Waals surface area contributed by atoms with Crippen molar-refractivity contribution in [2.75, 3.05) is 14.1 Å². The van der Waals surface area contributed by atoms with Gasteiger partial charge in [0.05, 0.1) is 0 Å². The maximum absolute atomic E-state index is 13.2. The predicted molar refractivity (Wildman–Crippen MR) is 45.4 cm³/mol. The average molecular weight is 159 g/mol. The fourth-order valence-corrected chi connectivity index (χ4v) is 1.72. The standard InChI is InChI=1S/C9H18FN/c1-7-4-5-8(11(2)3)6-9(7)10/h7-9H,4-6H2,1-3H3/t7-,8-,9+/m1/s1. The Bertz CT molecular complexity index is 125. The Labute approximate surface area is 68.6 Å². The van der Waals surface area contributed by atoms with Crippen molar-refractivity contribution in [3.8, 4) is 0 Å². The van der Waals surface area contributed by atoms with Gasteiger partial charge in [-0.3, -0.25) is 0 Å². The van der Waals surface area contributed by atoms with E-state index < -0.39 is 6.17 Å². The summed E-state index contributed by atoms with van der Waals surface area (Å²) in [6.45, 7) is 2.01. The Morgan fingerprint density at radius 1 is 1.27 bits per heavy atom. The average Bonchev–Trinajstić information content (AvgIpc) is 1.94. The lowest BCUT2D eigenvalue weighted by molar-refractivity contribution is 0.107. The van der Waals surface area contributed by atoms with Gasteiger partial charge >= 0.3 is 0 Å². The van der Waals surface area contributed by atoms with Gasteiger partial charge in [-0.25, -0.2) is 4.39 Å². The van der Waals surface area contributed by atoms with Gasteiger partial charge in [-0.1, -0.05) is 6.92 Å². The molecule has 0 bridgehead atoms. The van der Waals surface area contributed by atoms with Gasteiger partial charge in [-0.05, 0) is 39.3 Å². The molecule has 1 nitrogen and oxygen atoms in total. The van der Waals surface area contributed by atoms with E-state index in [9.17, 15) is 4.39 Å². The monoisotopic (exact) mass is 159 g/mol. The first-order valence-electron chi connectivity index (χ1n) is 4.41. The number of rotatable bonds is 1. The second kappa shape index (κ2) is 3.53. The molecule has 0 N–H and O–H groups in total. The highest BCUT2D eigenvalue weighted by molar-refractivity contribution is 4.81. The van der Waals surface area contributed by atoms with Crippen LogP contribution in [-0.2, 0) is 0 Å². The Kier molecular flexibility index (Phi) is 2.88. The van der Waals surface area contributed by atoms with E-state index in [2.05, 4.69) is 4.90 Å². The zero-order valence-electron chi connectivity index (χ0n) is 7.68. The Balaban J connectivity index is 2.40. The molecule has 3 atom stereocenters. The normalized spacial score (nSPS) is 39.5. The van der Waals surface area contributed by atoms with Crippen molar-refractivity contribution in [1.82, 2.24) is 4.90 Å². The van der Waals surface area contributed by atoms with E-state index in [1.807, 2.05) is 21.0 Å². The van der Waals surface area contributed by atoms with Crippen molar-refractivity contribution in [2.45, 2.75) is 38.4 Å². The molecule has 0 aromatic heterocycles. The van der Waals surface area contributed by atoms with Crippen LogP contribution in [0.25, 0.3) is 0 Å². The lowest BCUT2D eigenvalue weighted by Gasteiger charge is -2.33. The molecule has 0 saturated heterocycles. The highest BCUT2D eigenvalue weighted by atomic mass is 19.1. The van der Waals surface area contributed by atoms with Gasteiger partial charge in [0.15, 0.2) is 0 Å². The third-order valence-corrected chi connectivity index (χ3v) is 2.80. The molecule has 66 valence electrons. The molecule has 1 saturated carbocycles. The van der Waals surface area contributed by atoms with E-state index in [1.165, 1.54) is 0 Å². The molecule has 1 fully saturated rings. The summed E-state index contributed by atoms with van der Waals surface area (Å²) < 4.78 is 13.2. The maximum Gasteiger partial charge on any atom is 0.104 e. The van der Waals surface area contributed by atoms with Crippen molar-refractivity contribution < 1.29 is 4.39 Å². The molecule has 0 aromatic rings.